The van der Waals surface area contributed by atoms with Crippen molar-refractivity contribution in [3.8, 4) is 0 Å². The Kier molecular flexibility index (Phi) is 4.35. The Morgan fingerprint density at radius 2 is 2.05 bits per heavy atom. The average Bonchev–Trinajstić information content (AvgIpc) is 2.93. The second kappa shape index (κ2) is 6.02. The molecule has 0 spiro atoms. The van der Waals surface area contributed by atoms with Gasteiger partial charge in [-0.3, -0.25) is 0 Å². The first kappa shape index (κ1) is 14.5. The number of hydrogen-bond donors (Lipinski definition) is 2. The first-order valence-electron chi connectivity index (χ1n) is 6.12. The van der Waals surface area contributed by atoms with Crippen LogP contribution in [-0.2, 0) is 23.0 Å². The van der Waals surface area contributed by atoms with Crippen LogP contribution in [0, 0.1) is 0 Å². The van der Waals surface area contributed by atoms with E-state index in [0.717, 1.165) is 12.2 Å². The Bertz CT molecular complexity index is 664. The number of aromatic nitrogens is 2. The van der Waals surface area contributed by atoms with E-state index in [2.05, 4.69) is 20.0 Å². The lowest BCUT2D eigenvalue weighted by Gasteiger charge is -2.05. The van der Waals surface area contributed by atoms with E-state index < -0.39 is 10.0 Å². The largest absolute Gasteiger partial charge is 0.444 e. The molecule has 2 rings (SSSR count). The van der Waals surface area contributed by atoms with Gasteiger partial charge < -0.3 is 9.73 Å². The molecule has 0 atom stereocenters. The molecule has 0 aliphatic heterocycles. The summed E-state index contributed by atoms with van der Waals surface area (Å²) in [6.07, 6.45) is 3.60. The highest BCUT2D eigenvalue weighted by Gasteiger charge is 2.15. The molecule has 2 heterocycles. The number of oxazole rings is 1. The van der Waals surface area contributed by atoms with Gasteiger partial charge in [-0.2, -0.15) is 0 Å². The normalized spacial score (nSPS) is 11.5. The maximum Gasteiger partial charge on any atom is 0.242 e. The SMILES string of the molecule is CCc1cnc(CNS(=O)(=O)c2ccc(NC)nc2)o1. The number of nitrogens with one attached hydrogen (secondary N) is 2. The van der Waals surface area contributed by atoms with Crippen molar-refractivity contribution in [2.24, 2.45) is 0 Å². The summed E-state index contributed by atoms with van der Waals surface area (Å²) < 4.78 is 31.8. The molecular formula is C12H16N4O3S. The van der Waals surface area contributed by atoms with Crippen molar-refractivity contribution in [2.45, 2.75) is 24.8 Å². The van der Waals surface area contributed by atoms with E-state index >= 15 is 0 Å². The first-order valence-corrected chi connectivity index (χ1v) is 7.60. The van der Waals surface area contributed by atoms with Crippen LogP contribution in [0.5, 0.6) is 0 Å². The summed E-state index contributed by atoms with van der Waals surface area (Å²) in [7, 11) is -1.91. The highest BCUT2D eigenvalue weighted by molar-refractivity contribution is 7.89. The second-order valence-electron chi connectivity index (χ2n) is 4.03. The first-order chi connectivity index (χ1) is 9.55. The van der Waals surface area contributed by atoms with E-state index in [4.69, 9.17) is 4.42 Å². The molecule has 0 bridgehead atoms. The van der Waals surface area contributed by atoms with Crippen LogP contribution in [0.4, 0.5) is 5.82 Å². The summed E-state index contributed by atoms with van der Waals surface area (Å²) in [5.41, 5.74) is 0. The van der Waals surface area contributed by atoms with Gasteiger partial charge in [0.25, 0.3) is 0 Å². The van der Waals surface area contributed by atoms with Crippen molar-refractivity contribution in [2.75, 3.05) is 12.4 Å². The van der Waals surface area contributed by atoms with Gasteiger partial charge in [-0.15, -0.1) is 0 Å². The third-order valence-electron chi connectivity index (χ3n) is 2.67. The van der Waals surface area contributed by atoms with Crippen molar-refractivity contribution >= 4 is 15.8 Å². The third kappa shape index (κ3) is 3.34. The number of aryl methyl sites for hydroxylation is 1. The molecule has 20 heavy (non-hydrogen) atoms. The zero-order valence-electron chi connectivity index (χ0n) is 11.3. The van der Waals surface area contributed by atoms with Crippen LogP contribution in [0.15, 0.2) is 33.8 Å². The lowest BCUT2D eigenvalue weighted by atomic mass is 10.4. The molecule has 0 aliphatic rings. The topological polar surface area (TPSA) is 97.1 Å². The second-order valence-corrected chi connectivity index (χ2v) is 5.79. The van der Waals surface area contributed by atoms with Crippen LogP contribution >= 0.6 is 0 Å². The van der Waals surface area contributed by atoms with Gasteiger partial charge in [-0.1, -0.05) is 6.92 Å². The van der Waals surface area contributed by atoms with E-state index in [1.807, 2.05) is 6.92 Å². The maximum atomic E-state index is 12.0. The van der Waals surface area contributed by atoms with Gasteiger partial charge in [0, 0.05) is 19.7 Å². The molecule has 0 aromatic carbocycles. The minimum Gasteiger partial charge on any atom is -0.444 e. The number of nitrogens with zero attached hydrogens (tertiary/aromatic N) is 2. The van der Waals surface area contributed by atoms with Crippen molar-refractivity contribution in [3.63, 3.8) is 0 Å². The lowest BCUT2D eigenvalue weighted by molar-refractivity contribution is 0.452. The molecular weight excluding hydrogens is 280 g/mol. The van der Waals surface area contributed by atoms with E-state index in [1.165, 1.54) is 12.3 Å². The number of sulfonamides is 1. The zero-order valence-corrected chi connectivity index (χ0v) is 12.1. The standard InChI is InChI=1S/C12H16N4O3S/c1-3-9-6-15-12(19-9)8-16-20(17,18)10-4-5-11(13-2)14-7-10/h4-7,16H,3,8H2,1-2H3,(H,13,14). The molecule has 0 saturated heterocycles. The Labute approximate surface area is 117 Å². The summed E-state index contributed by atoms with van der Waals surface area (Å²) in [4.78, 5) is 8.05. The van der Waals surface area contributed by atoms with Gasteiger partial charge >= 0.3 is 0 Å². The summed E-state index contributed by atoms with van der Waals surface area (Å²) in [5.74, 6) is 1.66. The molecule has 108 valence electrons. The molecule has 8 heteroatoms. The highest BCUT2D eigenvalue weighted by Crippen LogP contribution is 2.11. The lowest BCUT2D eigenvalue weighted by Crippen LogP contribution is -2.23. The summed E-state index contributed by atoms with van der Waals surface area (Å²) >= 11 is 0. The van der Waals surface area contributed by atoms with Crippen LogP contribution in [0.2, 0.25) is 0 Å². The predicted octanol–water partition coefficient (Wildman–Crippen LogP) is 1.15. The van der Waals surface area contributed by atoms with Gasteiger partial charge in [0.15, 0.2) is 0 Å². The van der Waals surface area contributed by atoms with Gasteiger partial charge in [0.05, 0.1) is 12.7 Å². The molecule has 0 fully saturated rings. The van der Waals surface area contributed by atoms with Gasteiger partial charge in [0.2, 0.25) is 15.9 Å². The fourth-order valence-corrected chi connectivity index (χ4v) is 2.44. The van der Waals surface area contributed by atoms with E-state index in [0.29, 0.717) is 11.7 Å². The zero-order chi connectivity index (χ0) is 14.6. The quantitative estimate of drug-likeness (QED) is 0.830. The molecule has 2 N–H and O–H groups in total. The van der Waals surface area contributed by atoms with Crippen molar-refractivity contribution < 1.29 is 12.8 Å². The number of rotatable bonds is 6. The van der Waals surface area contributed by atoms with Gasteiger partial charge in [-0.05, 0) is 12.1 Å². The predicted molar refractivity (Wildman–Crippen MR) is 73.7 cm³/mol. The highest BCUT2D eigenvalue weighted by atomic mass is 32.2. The number of pyridine rings is 1. The van der Waals surface area contributed by atoms with E-state index in [1.54, 1.807) is 19.3 Å². The molecule has 2 aromatic heterocycles. The Balaban J connectivity index is 2.06. The van der Waals surface area contributed by atoms with E-state index in [9.17, 15) is 8.42 Å². The summed E-state index contributed by atoms with van der Waals surface area (Å²) in [6, 6.07) is 3.07. The fourth-order valence-electron chi connectivity index (χ4n) is 1.52. The molecule has 0 unspecified atom stereocenters. The number of anilines is 1. The van der Waals surface area contributed by atoms with E-state index in [-0.39, 0.29) is 11.4 Å². The number of hydrogen-bond acceptors (Lipinski definition) is 6. The van der Waals surface area contributed by atoms with Crippen LogP contribution in [-0.4, -0.2) is 25.4 Å². The third-order valence-corrected chi connectivity index (χ3v) is 4.05. The van der Waals surface area contributed by atoms with Gasteiger partial charge in [0.1, 0.15) is 16.5 Å². The van der Waals surface area contributed by atoms with Crippen LogP contribution in [0.1, 0.15) is 18.6 Å². The minimum atomic E-state index is -3.62. The summed E-state index contributed by atoms with van der Waals surface area (Å²) in [5, 5.41) is 2.82. The monoisotopic (exact) mass is 296 g/mol. The Hall–Kier alpha value is -1.93. The van der Waals surface area contributed by atoms with Gasteiger partial charge in [-0.25, -0.2) is 23.1 Å². The van der Waals surface area contributed by atoms with Crippen molar-refractivity contribution in [1.29, 1.82) is 0 Å². The molecule has 0 amide bonds. The minimum absolute atomic E-state index is 0.0100. The molecule has 7 nitrogen and oxygen atoms in total. The maximum absolute atomic E-state index is 12.0. The summed E-state index contributed by atoms with van der Waals surface area (Å²) in [6.45, 7) is 1.94. The van der Waals surface area contributed by atoms with Crippen molar-refractivity contribution in [1.82, 2.24) is 14.7 Å². The molecule has 0 aliphatic carbocycles. The Morgan fingerprint density at radius 3 is 2.60 bits per heavy atom. The fraction of sp³-hybridized carbons (Fsp3) is 0.333. The smallest absolute Gasteiger partial charge is 0.242 e. The van der Waals surface area contributed by atoms with Crippen molar-refractivity contribution in [3.05, 3.63) is 36.2 Å². The van der Waals surface area contributed by atoms with Crippen LogP contribution < -0.4 is 10.0 Å². The average molecular weight is 296 g/mol. The molecule has 0 radical (unpaired) electrons. The van der Waals surface area contributed by atoms with Crippen LogP contribution in [0.25, 0.3) is 0 Å². The Morgan fingerprint density at radius 1 is 1.25 bits per heavy atom. The molecule has 2 aromatic rings. The molecule has 0 saturated carbocycles. The van der Waals surface area contributed by atoms with Crippen LogP contribution in [0.3, 0.4) is 0 Å².